The van der Waals surface area contributed by atoms with E-state index >= 15 is 0 Å². The molecule has 0 spiro atoms. The van der Waals surface area contributed by atoms with Crippen molar-refractivity contribution in [3.05, 3.63) is 24.4 Å². The second-order valence-corrected chi connectivity index (χ2v) is 7.15. The third-order valence-corrected chi connectivity index (χ3v) is 5.53. The number of carbonyl (C=O) groups is 1. The maximum absolute atomic E-state index is 12.9. The number of hydrogen-bond donors (Lipinski definition) is 0. The van der Waals surface area contributed by atoms with Gasteiger partial charge in [-0.05, 0) is 19.3 Å². The molecular weight excluding hydrogens is 342 g/mol. The number of rotatable bonds is 4. The molecule has 1 atom stereocenters. The van der Waals surface area contributed by atoms with Gasteiger partial charge in [-0.3, -0.25) is 9.36 Å². The van der Waals surface area contributed by atoms with E-state index in [1.54, 1.807) is 35.2 Å². The minimum absolute atomic E-state index is 0.104. The van der Waals surface area contributed by atoms with Gasteiger partial charge < -0.3 is 9.80 Å². The molecule has 8 heteroatoms. The van der Waals surface area contributed by atoms with Crippen molar-refractivity contribution in [3.63, 3.8) is 0 Å². The van der Waals surface area contributed by atoms with Crippen LogP contribution >= 0.6 is 0 Å². The Labute approximate surface area is 158 Å². The maximum atomic E-state index is 12.9. The van der Waals surface area contributed by atoms with Gasteiger partial charge in [0, 0.05) is 19.3 Å². The Morgan fingerprint density at radius 3 is 2.78 bits per heavy atom. The summed E-state index contributed by atoms with van der Waals surface area (Å²) in [7, 11) is 1.79. The predicted octanol–water partition coefficient (Wildman–Crippen LogP) is 2.23. The van der Waals surface area contributed by atoms with Crippen LogP contribution in [0.15, 0.2) is 18.7 Å². The molecule has 2 aromatic rings. The van der Waals surface area contributed by atoms with Crippen LogP contribution in [0.3, 0.4) is 0 Å². The summed E-state index contributed by atoms with van der Waals surface area (Å²) in [4.78, 5) is 30.3. The third kappa shape index (κ3) is 2.93. The van der Waals surface area contributed by atoms with E-state index in [0.717, 1.165) is 30.8 Å². The monoisotopic (exact) mass is 365 g/mol. The highest BCUT2D eigenvalue weighted by molar-refractivity contribution is 6.04. The molecule has 2 aromatic heterocycles. The minimum Gasteiger partial charge on any atom is -0.340 e. The van der Waals surface area contributed by atoms with E-state index in [1.807, 2.05) is 0 Å². The van der Waals surface area contributed by atoms with Crippen LogP contribution in [0.5, 0.6) is 0 Å². The van der Waals surface area contributed by atoms with E-state index in [2.05, 4.69) is 27.9 Å². The molecule has 0 radical (unpaired) electrons. The van der Waals surface area contributed by atoms with Crippen molar-refractivity contribution >= 4 is 17.4 Å². The van der Waals surface area contributed by atoms with Crippen molar-refractivity contribution in [2.75, 3.05) is 16.8 Å². The van der Waals surface area contributed by atoms with Gasteiger partial charge in [-0.2, -0.15) is 10.2 Å². The van der Waals surface area contributed by atoms with E-state index in [0.29, 0.717) is 17.7 Å². The highest BCUT2D eigenvalue weighted by Crippen LogP contribution is 2.39. The summed E-state index contributed by atoms with van der Waals surface area (Å²) in [5.74, 6) is 1.43. The fraction of sp³-hybridized carbons (Fsp3) is 0.526. The molecule has 1 fully saturated rings. The lowest BCUT2D eigenvalue weighted by atomic mass is 10.0. The molecule has 1 aliphatic carbocycles. The third-order valence-electron chi connectivity index (χ3n) is 5.53. The first-order chi connectivity index (χ1) is 13.1. The van der Waals surface area contributed by atoms with Crippen molar-refractivity contribution < 1.29 is 4.79 Å². The highest BCUT2D eigenvalue weighted by Gasteiger charge is 2.41. The molecule has 3 heterocycles. The van der Waals surface area contributed by atoms with Crippen LogP contribution in [0.2, 0.25) is 0 Å². The number of hydrogen-bond acceptors (Lipinski definition) is 6. The summed E-state index contributed by atoms with van der Waals surface area (Å²) in [5.41, 5.74) is 1.43. The summed E-state index contributed by atoms with van der Waals surface area (Å²) in [6.07, 6.45) is 10.7. The molecule has 0 bridgehead atoms. The Morgan fingerprint density at radius 2 is 2.07 bits per heavy atom. The number of fused-ring (bicyclic) bond motifs is 1. The van der Waals surface area contributed by atoms with Gasteiger partial charge in [-0.15, -0.1) is 0 Å². The van der Waals surface area contributed by atoms with Gasteiger partial charge in [0.15, 0.2) is 5.82 Å². The van der Waals surface area contributed by atoms with Gasteiger partial charge >= 0.3 is 0 Å². The van der Waals surface area contributed by atoms with Crippen molar-refractivity contribution in [2.45, 2.75) is 57.5 Å². The lowest BCUT2D eigenvalue weighted by Crippen LogP contribution is -2.55. The number of imidazole rings is 1. The van der Waals surface area contributed by atoms with Crippen LogP contribution < -0.4 is 9.80 Å². The zero-order valence-corrected chi connectivity index (χ0v) is 15.7. The van der Waals surface area contributed by atoms with Crippen LogP contribution in [0.4, 0.5) is 11.5 Å². The predicted molar refractivity (Wildman–Crippen MR) is 101 cm³/mol. The summed E-state index contributed by atoms with van der Waals surface area (Å²) in [6.45, 7) is 2.05. The quantitative estimate of drug-likeness (QED) is 0.825. The number of aromatic nitrogens is 4. The smallest absolute Gasteiger partial charge is 0.249 e. The minimum atomic E-state index is -0.190. The Kier molecular flexibility index (Phi) is 4.52. The molecule has 0 aromatic carbocycles. The van der Waals surface area contributed by atoms with Gasteiger partial charge in [0.25, 0.3) is 0 Å². The first-order valence-corrected chi connectivity index (χ1v) is 9.47. The molecule has 140 valence electrons. The number of carbonyl (C=O) groups excluding carboxylic acids is 1. The van der Waals surface area contributed by atoms with Gasteiger partial charge in [0.1, 0.15) is 18.1 Å². The Hall–Kier alpha value is -2.95. The van der Waals surface area contributed by atoms with Crippen molar-refractivity contribution in [3.8, 4) is 12.0 Å². The normalized spacial score (nSPS) is 20.0. The molecule has 0 unspecified atom stereocenters. The number of likely N-dealkylation sites (N-methyl/N-ethyl adjacent to an activating group) is 1. The zero-order chi connectivity index (χ0) is 19.0. The number of nitriles is 1. The van der Waals surface area contributed by atoms with E-state index in [-0.39, 0.29) is 18.4 Å². The van der Waals surface area contributed by atoms with Crippen LogP contribution in [0, 0.1) is 11.3 Å². The largest absolute Gasteiger partial charge is 0.340 e. The molecular formula is C19H23N7O. The van der Waals surface area contributed by atoms with Crippen LogP contribution in [-0.4, -0.2) is 44.6 Å². The average molecular weight is 365 g/mol. The Balaban J connectivity index is 1.79. The summed E-state index contributed by atoms with van der Waals surface area (Å²) in [5, 5.41) is 8.85. The number of nitrogens with zero attached hydrogens (tertiary/aromatic N) is 7. The van der Waals surface area contributed by atoms with Crippen LogP contribution in [0.1, 0.15) is 44.7 Å². The Morgan fingerprint density at radius 1 is 1.30 bits per heavy atom. The van der Waals surface area contributed by atoms with Crippen LogP contribution in [-0.2, 0) is 11.2 Å². The molecule has 8 nitrogen and oxygen atoms in total. The molecule has 0 saturated heterocycles. The van der Waals surface area contributed by atoms with Gasteiger partial charge in [0.05, 0.1) is 24.4 Å². The number of amides is 1. The van der Waals surface area contributed by atoms with E-state index < -0.39 is 0 Å². The summed E-state index contributed by atoms with van der Waals surface area (Å²) >= 11 is 0. The van der Waals surface area contributed by atoms with E-state index in [1.165, 1.54) is 12.8 Å². The molecule has 1 aliphatic heterocycles. The first-order valence-electron chi connectivity index (χ1n) is 9.47. The van der Waals surface area contributed by atoms with Gasteiger partial charge in [0.2, 0.25) is 11.9 Å². The second-order valence-electron chi connectivity index (χ2n) is 7.15. The van der Waals surface area contributed by atoms with Crippen molar-refractivity contribution in [1.29, 1.82) is 5.26 Å². The lowest BCUT2D eigenvalue weighted by molar-refractivity contribution is -0.120. The van der Waals surface area contributed by atoms with E-state index in [4.69, 9.17) is 10.2 Å². The fourth-order valence-corrected chi connectivity index (χ4v) is 4.14. The molecule has 27 heavy (non-hydrogen) atoms. The van der Waals surface area contributed by atoms with Crippen molar-refractivity contribution in [1.82, 2.24) is 19.5 Å². The molecule has 1 saturated carbocycles. The summed E-state index contributed by atoms with van der Waals surface area (Å²) < 4.78 is 1.73. The highest BCUT2D eigenvalue weighted by atomic mass is 16.2. The topological polar surface area (TPSA) is 90.9 Å². The Bertz CT molecular complexity index is 894. The van der Waals surface area contributed by atoms with Crippen LogP contribution in [0.25, 0.3) is 5.95 Å². The number of anilines is 2. The molecule has 4 rings (SSSR count). The molecule has 0 N–H and O–H groups in total. The second kappa shape index (κ2) is 6.99. The van der Waals surface area contributed by atoms with Crippen molar-refractivity contribution in [2.24, 2.45) is 0 Å². The van der Waals surface area contributed by atoms with Gasteiger partial charge in [-0.1, -0.05) is 19.8 Å². The standard InChI is InChI=1S/C19H23N7O/c1-3-15-18(27)24(2)16-10-21-19(25-11-13(8-9-20)22-12-25)23-17(16)26(15)14-6-4-5-7-14/h10-12,14-15H,3-8H2,1-2H3/t15-/m1/s1. The lowest BCUT2D eigenvalue weighted by Gasteiger charge is -2.43. The zero-order valence-electron chi connectivity index (χ0n) is 15.7. The molecule has 1 amide bonds. The van der Waals surface area contributed by atoms with E-state index in [9.17, 15) is 4.79 Å². The average Bonchev–Trinajstić information content (AvgIpc) is 3.36. The van der Waals surface area contributed by atoms with Gasteiger partial charge in [-0.25, -0.2) is 9.97 Å². The summed E-state index contributed by atoms with van der Waals surface area (Å²) in [6, 6.07) is 2.25. The maximum Gasteiger partial charge on any atom is 0.249 e. The fourth-order valence-electron chi connectivity index (χ4n) is 4.14. The SMILES string of the molecule is CC[C@@H]1C(=O)N(C)c2cnc(-n3cnc(CC#N)c3)nc2N1C1CCCC1. The first kappa shape index (κ1) is 17.5. The molecule has 2 aliphatic rings.